The van der Waals surface area contributed by atoms with Gasteiger partial charge in [-0.2, -0.15) is 0 Å². The first-order valence-corrected chi connectivity index (χ1v) is 9.18. The molecular formula is C19H20N4O2S. The van der Waals surface area contributed by atoms with Gasteiger partial charge in [0.1, 0.15) is 11.6 Å². The molecule has 1 heterocycles. The Morgan fingerprint density at radius 1 is 1.12 bits per heavy atom. The Kier molecular flexibility index (Phi) is 5.91. The first kappa shape index (κ1) is 18.0. The number of hydrogen-bond acceptors (Lipinski definition) is 5. The second kappa shape index (κ2) is 8.53. The first-order chi connectivity index (χ1) is 12.6. The summed E-state index contributed by atoms with van der Waals surface area (Å²) in [4.78, 5) is 12.2. The highest BCUT2D eigenvalue weighted by atomic mass is 32.2. The standard InChI is InChI=1S/C19H20N4O2S/c1-14-7-6-10-17(11-14)25-12-18(24)22-23-15(2)20-21-19(23)26-13-16-8-4-3-5-9-16/h3-11H,12-13H2,1-2H3,(H,22,24). The molecule has 0 atom stereocenters. The minimum atomic E-state index is -0.268. The molecule has 1 aromatic heterocycles. The lowest BCUT2D eigenvalue weighted by Gasteiger charge is -2.11. The van der Waals surface area contributed by atoms with Gasteiger partial charge in [0.2, 0.25) is 5.16 Å². The number of nitrogens with zero attached hydrogens (tertiary/aromatic N) is 3. The van der Waals surface area contributed by atoms with Gasteiger partial charge in [-0.15, -0.1) is 10.2 Å². The fourth-order valence-electron chi connectivity index (χ4n) is 2.30. The lowest BCUT2D eigenvalue weighted by atomic mass is 10.2. The molecular weight excluding hydrogens is 348 g/mol. The van der Waals surface area contributed by atoms with E-state index in [0.717, 1.165) is 11.3 Å². The van der Waals surface area contributed by atoms with Gasteiger partial charge in [-0.3, -0.25) is 10.2 Å². The van der Waals surface area contributed by atoms with E-state index < -0.39 is 0 Å². The third kappa shape index (κ3) is 4.86. The molecule has 3 aromatic rings. The number of amides is 1. The van der Waals surface area contributed by atoms with Crippen LogP contribution in [0, 0.1) is 13.8 Å². The van der Waals surface area contributed by atoms with Crippen molar-refractivity contribution in [2.45, 2.75) is 24.8 Å². The van der Waals surface area contributed by atoms with Gasteiger partial charge in [0.05, 0.1) is 0 Å². The molecule has 0 fully saturated rings. The smallest absolute Gasteiger partial charge is 0.276 e. The lowest BCUT2D eigenvalue weighted by molar-refractivity contribution is -0.119. The first-order valence-electron chi connectivity index (χ1n) is 8.20. The quantitative estimate of drug-likeness (QED) is 0.648. The van der Waals surface area contributed by atoms with Crippen LogP contribution in [-0.2, 0) is 10.5 Å². The highest BCUT2D eigenvalue weighted by Crippen LogP contribution is 2.20. The van der Waals surface area contributed by atoms with E-state index in [0.29, 0.717) is 16.7 Å². The van der Waals surface area contributed by atoms with Crippen LogP contribution >= 0.6 is 11.8 Å². The summed E-state index contributed by atoms with van der Waals surface area (Å²) < 4.78 is 7.13. The maximum Gasteiger partial charge on any atom is 0.276 e. The summed E-state index contributed by atoms with van der Waals surface area (Å²) in [5.74, 6) is 1.76. The van der Waals surface area contributed by atoms with Gasteiger partial charge in [0, 0.05) is 5.75 Å². The molecule has 1 amide bonds. The van der Waals surface area contributed by atoms with Crippen LogP contribution in [0.5, 0.6) is 5.75 Å². The van der Waals surface area contributed by atoms with Crippen molar-refractivity contribution in [1.82, 2.24) is 14.9 Å². The molecule has 2 aromatic carbocycles. The highest BCUT2D eigenvalue weighted by Gasteiger charge is 2.13. The number of carbonyl (C=O) groups excluding carboxylic acids is 1. The Balaban J connectivity index is 1.58. The molecule has 1 N–H and O–H groups in total. The Bertz CT molecular complexity index is 880. The summed E-state index contributed by atoms with van der Waals surface area (Å²) in [7, 11) is 0. The Morgan fingerprint density at radius 3 is 2.69 bits per heavy atom. The number of hydrogen-bond donors (Lipinski definition) is 1. The zero-order valence-corrected chi connectivity index (χ0v) is 15.5. The molecule has 0 aliphatic heterocycles. The molecule has 0 aliphatic carbocycles. The average molecular weight is 368 g/mol. The van der Waals surface area contributed by atoms with Crippen molar-refractivity contribution in [3.05, 3.63) is 71.5 Å². The van der Waals surface area contributed by atoms with Crippen molar-refractivity contribution in [1.29, 1.82) is 0 Å². The molecule has 0 saturated heterocycles. The SMILES string of the molecule is Cc1cccc(OCC(=O)Nn2c(C)nnc2SCc2ccccc2)c1. The van der Waals surface area contributed by atoms with Gasteiger partial charge in [-0.1, -0.05) is 54.2 Å². The van der Waals surface area contributed by atoms with Crippen LogP contribution in [0.25, 0.3) is 0 Å². The molecule has 6 nitrogen and oxygen atoms in total. The second-order valence-corrected chi connectivity index (χ2v) is 6.72. The number of aromatic nitrogens is 3. The number of rotatable bonds is 7. The number of aryl methyl sites for hydroxylation is 2. The Hall–Kier alpha value is -2.80. The van der Waals surface area contributed by atoms with E-state index in [2.05, 4.69) is 27.8 Å². The Labute approximate surface area is 156 Å². The lowest BCUT2D eigenvalue weighted by Crippen LogP contribution is -2.29. The summed E-state index contributed by atoms with van der Waals surface area (Å²) in [6.07, 6.45) is 0. The summed E-state index contributed by atoms with van der Waals surface area (Å²) >= 11 is 1.51. The van der Waals surface area contributed by atoms with Crippen LogP contribution in [0.15, 0.2) is 59.8 Å². The predicted octanol–water partition coefficient (Wildman–Crippen LogP) is 3.34. The largest absolute Gasteiger partial charge is 0.484 e. The van der Waals surface area contributed by atoms with Crippen molar-refractivity contribution >= 4 is 17.7 Å². The summed E-state index contributed by atoms with van der Waals surface area (Å²) in [6, 6.07) is 17.7. The van der Waals surface area contributed by atoms with Gasteiger partial charge in [0.25, 0.3) is 5.91 Å². The van der Waals surface area contributed by atoms with Gasteiger partial charge in [-0.25, -0.2) is 4.68 Å². The van der Waals surface area contributed by atoms with Gasteiger partial charge in [-0.05, 0) is 37.1 Å². The highest BCUT2D eigenvalue weighted by molar-refractivity contribution is 7.98. The second-order valence-electron chi connectivity index (χ2n) is 5.78. The third-order valence-corrected chi connectivity index (χ3v) is 4.60. The summed E-state index contributed by atoms with van der Waals surface area (Å²) in [6.45, 7) is 3.69. The maximum atomic E-state index is 12.2. The normalized spacial score (nSPS) is 10.5. The van der Waals surface area contributed by atoms with Crippen LogP contribution < -0.4 is 10.2 Å². The monoisotopic (exact) mass is 368 g/mol. The maximum absolute atomic E-state index is 12.2. The average Bonchev–Trinajstić information content (AvgIpc) is 2.99. The molecule has 0 unspecified atom stereocenters. The van der Waals surface area contributed by atoms with Gasteiger partial charge in [0.15, 0.2) is 6.61 Å². The molecule has 26 heavy (non-hydrogen) atoms. The zero-order valence-electron chi connectivity index (χ0n) is 14.7. The minimum Gasteiger partial charge on any atom is -0.484 e. The summed E-state index contributed by atoms with van der Waals surface area (Å²) in [5, 5.41) is 8.82. The fourth-order valence-corrected chi connectivity index (χ4v) is 3.19. The van der Waals surface area contributed by atoms with Crippen molar-refractivity contribution in [3.8, 4) is 5.75 Å². The van der Waals surface area contributed by atoms with Crippen molar-refractivity contribution < 1.29 is 9.53 Å². The van der Waals surface area contributed by atoms with Crippen molar-refractivity contribution in [2.75, 3.05) is 12.0 Å². The molecule has 134 valence electrons. The van der Waals surface area contributed by atoms with Crippen LogP contribution in [0.4, 0.5) is 0 Å². The van der Waals surface area contributed by atoms with E-state index in [4.69, 9.17) is 4.74 Å². The fraction of sp³-hybridized carbons (Fsp3) is 0.211. The van der Waals surface area contributed by atoms with E-state index in [1.54, 1.807) is 11.6 Å². The number of ether oxygens (including phenoxy) is 1. The van der Waals surface area contributed by atoms with Gasteiger partial charge >= 0.3 is 0 Å². The Morgan fingerprint density at radius 2 is 1.92 bits per heavy atom. The zero-order chi connectivity index (χ0) is 18.4. The summed E-state index contributed by atoms with van der Waals surface area (Å²) in [5.41, 5.74) is 5.05. The molecule has 7 heteroatoms. The molecule has 0 spiro atoms. The minimum absolute atomic E-state index is 0.0795. The molecule has 0 radical (unpaired) electrons. The van der Waals surface area contributed by atoms with E-state index in [1.165, 1.54) is 17.3 Å². The number of benzene rings is 2. The molecule has 0 bridgehead atoms. The van der Waals surface area contributed by atoms with Crippen LogP contribution in [-0.4, -0.2) is 27.4 Å². The van der Waals surface area contributed by atoms with Gasteiger partial charge < -0.3 is 4.74 Å². The number of thioether (sulfide) groups is 1. The van der Waals surface area contributed by atoms with Crippen LogP contribution in [0.2, 0.25) is 0 Å². The number of carbonyl (C=O) groups is 1. The molecule has 3 rings (SSSR count). The van der Waals surface area contributed by atoms with E-state index in [9.17, 15) is 4.79 Å². The third-order valence-electron chi connectivity index (χ3n) is 3.60. The van der Waals surface area contributed by atoms with Crippen molar-refractivity contribution in [3.63, 3.8) is 0 Å². The van der Waals surface area contributed by atoms with Crippen molar-refractivity contribution in [2.24, 2.45) is 0 Å². The predicted molar refractivity (Wildman–Crippen MR) is 102 cm³/mol. The van der Waals surface area contributed by atoms with Crippen LogP contribution in [0.1, 0.15) is 17.0 Å². The van der Waals surface area contributed by atoms with E-state index >= 15 is 0 Å². The topological polar surface area (TPSA) is 69.0 Å². The van der Waals surface area contributed by atoms with E-state index in [-0.39, 0.29) is 12.5 Å². The van der Waals surface area contributed by atoms with E-state index in [1.807, 2.05) is 49.4 Å². The van der Waals surface area contributed by atoms with Crippen LogP contribution in [0.3, 0.4) is 0 Å². The molecule has 0 aliphatic rings. The number of nitrogens with one attached hydrogen (secondary N) is 1. The molecule has 0 saturated carbocycles.